The van der Waals surface area contributed by atoms with E-state index in [4.69, 9.17) is 0 Å². The summed E-state index contributed by atoms with van der Waals surface area (Å²) in [4.78, 5) is 13.9. The van der Waals surface area contributed by atoms with Crippen LogP contribution in [0.5, 0.6) is 0 Å². The molecule has 2 atom stereocenters. The van der Waals surface area contributed by atoms with Gasteiger partial charge in [0.1, 0.15) is 0 Å². The average Bonchev–Trinajstić information content (AvgIpc) is 3.00. The molecule has 0 bridgehead atoms. The molecule has 0 heterocycles. The molecule has 4 rings (SSSR count). The third-order valence-electron chi connectivity index (χ3n) is 7.46. The molecule has 0 aliphatic rings. The number of rotatable bonds is 14. The zero-order valence-electron chi connectivity index (χ0n) is 26.5. The van der Waals surface area contributed by atoms with Crippen LogP contribution in [-0.4, -0.2) is 44.4 Å². The standard InChI is InChI=1S/C36H40F3N3O4S/c1-25(2)17-28-18-29(22-32(20-28)42(47(3,45)46)31-15-8-5-9-16-31)35(44)41-33(21-26-11-6-4-7-12-26)34(43)24-40-23-27-13-10-14-30(19-27)36(37,38)39/h4-16,18-20,22,25,33-34,40,43H,17,21,23-24H2,1-3H3,(H,41,44)/t33-,34+/m0/s1. The van der Waals surface area contributed by atoms with E-state index in [1.807, 2.05) is 44.2 Å². The highest BCUT2D eigenvalue weighted by molar-refractivity contribution is 7.92. The molecule has 0 aliphatic carbocycles. The van der Waals surface area contributed by atoms with Gasteiger partial charge in [-0.3, -0.25) is 4.79 Å². The molecule has 3 N–H and O–H groups in total. The Morgan fingerprint density at radius 2 is 1.45 bits per heavy atom. The van der Waals surface area contributed by atoms with Crippen molar-refractivity contribution < 1.29 is 31.5 Å². The number of aliphatic hydroxyl groups excluding tert-OH is 1. The normalized spacial score (nSPS) is 13.3. The van der Waals surface area contributed by atoms with Crippen LogP contribution in [0.3, 0.4) is 0 Å². The molecular weight excluding hydrogens is 627 g/mol. The van der Waals surface area contributed by atoms with Gasteiger partial charge >= 0.3 is 6.18 Å². The molecular formula is C36H40F3N3O4S. The number of sulfonamides is 1. The van der Waals surface area contributed by atoms with Crippen molar-refractivity contribution in [2.75, 3.05) is 17.1 Å². The Labute approximate surface area is 274 Å². The van der Waals surface area contributed by atoms with Crippen molar-refractivity contribution in [3.8, 4) is 0 Å². The summed E-state index contributed by atoms with van der Waals surface area (Å²) in [5.74, 6) is -0.281. The lowest BCUT2D eigenvalue weighted by Gasteiger charge is -2.26. The number of amides is 1. The van der Waals surface area contributed by atoms with E-state index in [2.05, 4.69) is 10.6 Å². The number of nitrogens with zero attached hydrogens (tertiary/aromatic N) is 1. The number of hydrogen-bond acceptors (Lipinski definition) is 5. The first-order valence-corrected chi connectivity index (χ1v) is 17.1. The van der Waals surface area contributed by atoms with E-state index < -0.39 is 39.8 Å². The highest BCUT2D eigenvalue weighted by Crippen LogP contribution is 2.31. The maximum Gasteiger partial charge on any atom is 0.416 e. The van der Waals surface area contributed by atoms with Crippen molar-refractivity contribution in [1.29, 1.82) is 0 Å². The van der Waals surface area contributed by atoms with Gasteiger partial charge < -0.3 is 15.7 Å². The number of nitrogens with one attached hydrogen (secondary N) is 2. The van der Waals surface area contributed by atoms with E-state index in [1.54, 1.807) is 48.5 Å². The van der Waals surface area contributed by atoms with Crippen LogP contribution in [-0.2, 0) is 35.6 Å². The van der Waals surface area contributed by atoms with Crippen LogP contribution >= 0.6 is 0 Å². The number of halogens is 3. The molecule has 0 saturated carbocycles. The molecule has 7 nitrogen and oxygen atoms in total. The predicted molar refractivity (Wildman–Crippen MR) is 179 cm³/mol. The topological polar surface area (TPSA) is 98.7 Å². The number of aliphatic hydroxyl groups is 1. The summed E-state index contributed by atoms with van der Waals surface area (Å²) in [5.41, 5.74) is 2.24. The molecule has 4 aromatic carbocycles. The summed E-state index contributed by atoms with van der Waals surface area (Å²) >= 11 is 0. The fraction of sp³-hybridized carbons (Fsp3) is 0.306. The van der Waals surface area contributed by atoms with Crippen molar-refractivity contribution >= 4 is 27.3 Å². The van der Waals surface area contributed by atoms with Gasteiger partial charge in [0.15, 0.2) is 0 Å². The lowest BCUT2D eigenvalue weighted by molar-refractivity contribution is -0.137. The lowest BCUT2D eigenvalue weighted by Crippen LogP contribution is -2.48. The summed E-state index contributed by atoms with van der Waals surface area (Å²) in [5, 5.41) is 17.2. The number of hydrogen-bond donors (Lipinski definition) is 3. The SMILES string of the molecule is CC(C)Cc1cc(C(=O)N[C@@H](Cc2ccccc2)[C@H](O)CNCc2cccc(C(F)(F)F)c2)cc(N(c2ccccc2)S(C)(=O)=O)c1. The van der Waals surface area contributed by atoms with Crippen LogP contribution in [0.25, 0.3) is 0 Å². The number of carbonyl (C=O) groups excluding carboxylic acids is 1. The average molecular weight is 668 g/mol. The molecule has 47 heavy (non-hydrogen) atoms. The first-order valence-electron chi connectivity index (χ1n) is 15.3. The van der Waals surface area contributed by atoms with Gasteiger partial charge in [0, 0.05) is 18.7 Å². The Morgan fingerprint density at radius 3 is 2.06 bits per heavy atom. The number of anilines is 2. The van der Waals surface area contributed by atoms with Crippen LogP contribution in [0.2, 0.25) is 0 Å². The third kappa shape index (κ3) is 10.4. The maximum absolute atomic E-state index is 13.9. The summed E-state index contributed by atoms with van der Waals surface area (Å²) in [6.45, 7) is 4.12. The largest absolute Gasteiger partial charge is 0.416 e. The van der Waals surface area contributed by atoms with Crippen molar-refractivity contribution in [1.82, 2.24) is 10.6 Å². The third-order valence-corrected chi connectivity index (χ3v) is 8.54. The fourth-order valence-corrected chi connectivity index (χ4v) is 6.37. The zero-order chi connectivity index (χ0) is 34.2. The van der Waals surface area contributed by atoms with E-state index in [1.165, 1.54) is 16.4 Å². The van der Waals surface area contributed by atoms with Gasteiger partial charge in [0.05, 0.1) is 35.3 Å². The molecule has 0 radical (unpaired) electrons. The van der Waals surface area contributed by atoms with Gasteiger partial charge in [-0.2, -0.15) is 13.2 Å². The van der Waals surface area contributed by atoms with Crippen molar-refractivity contribution in [2.45, 2.75) is 51.6 Å². The van der Waals surface area contributed by atoms with Gasteiger partial charge in [-0.15, -0.1) is 0 Å². The van der Waals surface area contributed by atoms with Crippen molar-refractivity contribution in [2.24, 2.45) is 5.92 Å². The van der Waals surface area contributed by atoms with Gasteiger partial charge in [-0.05, 0) is 71.8 Å². The van der Waals surface area contributed by atoms with Gasteiger partial charge in [0.2, 0.25) is 10.0 Å². The minimum atomic E-state index is -4.47. The minimum Gasteiger partial charge on any atom is -0.390 e. The second-order valence-corrected chi connectivity index (χ2v) is 13.8. The van der Waals surface area contributed by atoms with E-state index in [9.17, 15) is 31.5 Å². The van der Waals surface area contributed by atoms with Gasteiger partial charge in [-0.25, -0.2) is 12.7 Å². The fourth-order valence-electron chi connectivity index (χ4n) is 5.37. The first kappa shape index (κ1) is 35.7. The van der Waals surface area contributed by atoms with Crippen LogP contribution in [0.1, 0.15) is 46.5 Å². The predicted octanol–water partition coefficient (Wildman–Crippen LogP) is 6.49. The van der Waals surface area contributed by atoms with E-state index in [0.717, 1.165) is 29.5 Å². The number of alkyl halides is 3. The molecule has 1 amide bonds. The molecule has 250 valence electrons. The molecule has 11 heteroatoms. The highest BCUT2D eigenvalue weighted by Gasteiger charge is 2.30. The second kappa shape index (κ2) is 15.6. The molecule has 0 aromatic heterocycles. The smallest absolute Gasteiger partial charge is 0.390 e. The van der Waals surface area contributed by atoms with Crippen LogP contribution in [0.15, 0.2) is 103 Å². The van der Waals surface area contributed by atoms with E-state index >= 15 is 0 Å². The van der Waals surface area contributed by atoms with Gasteiger partial charge in [-0.1, -0.05) is 80.6 Å². The first-order chi connectivity index (χ1) is 22.2. The van der Waals surface area contributed by atoms with Crippen LogP contribution in [0, 0.1) is 5.92 Å². The zero-order valence-corrected chi connectivity index (χ0v) is 27.4. The Bertz CT molecular complexity index is 1730. The molecule has 0 fully saturated rings. The molecule has 0 saturated heterocycles. The highest BCUT2D eigenvalue weighted by atomic mass is 32.2. The summed E-state index contributed by atoms with van der Waals surface area (Å²) in [6.07, 6.45) is -3.60. The maximum atomic E-state index is 13.9. The molecule has 0 aliphatic heterocycles. The minimum absolute atomic E-state index is 0.0114. The summed E-state index contributed by atoms with van der Waals surface area (Å²) < 4.78 is 66.7. The summed E-state index contributed by atoms with van der Waals surface area (Å²) in [7, 11) is -3.79. The Hall–Kier alpha value is -4.19. The quantitative estimate of drug-likeness (QED) is 0.143. The van der Waals surface area contributed by atoms with Crippen LogP contribution in [0.4, 0.5) is 24.5 Å². The Morgan fingerprint density at radius 1 is 0.809 bits per heavy atom. The number of para-hydroxylation sites is 1. The monoisotopic (exact) mass is 667 g/mol. The molecule has 4 aromatic rings. The van der Waals surface area contributed by atoms with Gasteiger partial charge in [0.25, 0.3) is 5.91 Å². The van der Waals surface area contributed by atoms with Crippen molar-refractivity contribution in [3.63, 3.8) is 0 Å². The van der Waals surface area contributed by atoms with E-state index in [-0.39, 0.29) is 31.0 Å². The Kier molecular flexibility index (Phi) is 11.8. The summed E-state index contributed by atoms with van der Waals surface area (Å²) in [6, 6.07) is 27.1. The Balaban J connectivity index is 1.60. The molecule has 0 unspecified atom stereocenters. The lowest BCUT2D eigenvalue weighted by atomic mass is 9.98. The second-order valence-electron chi connectivity index (χ2n) is 12.0. The number of carbonyl (C=O) groups is 1. The molecule has 0 spiro atoms. The van der Waals surface area contributed by atoms with Crippen LogP contribution < -0.4 is 14.9 Å². The number of benzene rings is 4. The van der Waals surface area contributed by atoms with E-state index in [0.29, 0.717) is 23.4 Å². The van der Waals surface area contributed by atoms with Crippen molar-refractivity contribution in [3.05, 3.63) is 131 Å².